The van der Waals surface area contributed by atoms with Crippen molar-refractivity contribution in [2.75, 3.05) is 6.26 Å². The molecule has 0 fully saturated rings. The van der Waals surface area contributed by atoms with Gasteiger partial charge in [0.15, 0.2) is 0 Å². The summed E-state index contributed by atoms with van der Waals surface area (Å²) in [4.78, 5) is 11.4. The van der Waals surface area contributed by atoms with Gasteiger partial charge in [-0.15, -0.1) is 11.8 Å². The average molecular weight is 367 g/mol. The minimum absolute atomic E-state index is 0.891. The summed E-state index contributed by atoms with van der Waals surface area (Å²) in [6.45, 7) is 0. The quantitative estimate of drug-likeness (QED) is 0.339. The molecular weight excluding hydrogens is 352 g/mol. The largest absolute Gasteiger partial charge is 0.360 e. The lowest BCUT2D eigenvalue weighted by molar-refractivity contribution is 1.19. The molecule has 0 aliphatic carbocycles. The zero-order chi connectivity index (χ0) is 16.5. The lowest BCUT2D eigenvalue weighted by Gasteiger charge is -2.11. The number of hydrogen-bond donors (Lipinski definition) is 1. The molecule has 4 rings (SSSR count). The number of rotatable bonds is 3. The number of nitrogens with zero attached hydrogens (tertiary/aromatic N) is 1. The van der Waals surface area contributed by atoms with Gasteiger partial charge in [0, 0.05) is 43.4 Å². The number of nitrogens with one attached hydrogen (secondary N) is 1. The summed E-state index contributed by atoms with van der Waals surface area (Å²) >= 11 is 9.16. The number of aromatic nitrogens is 2. The van der Waals surface area contributed by atoms with E-state index in [0.717, 1.165) is 31.2 Å². The van der Waals surface area contributed by atoms with E-state index in [1.165, 1.54) is 9.79 Å². The fraction of sp³-hybridized carbons (Fsp3) is 0.0526. The Bertz CT molecular complexity index is 1100. The molecule has 0 atom stereocenters. The number of thioether (sulfide) groups is 1. The van der Waals surface area contributed by atoms with Crippen molar-refractivity contribution in [1.29, 1.82) is 0 Å². The van der Waals surface area contributed by atoms with Gasteiger partial charge in [0.05, 0.1) is 10.0 Å². The number of benzene rings is 2. The summed E-state index contributed by atoms with van der Waals surface area (Å²) in [6.07, 6.45) is 6.04. The van der Waals surface area contributed by atoms with Crippen molar-refractivity contribution < 1.29 is 0 Å². The molecule has 0 bridgehead atoms. The highest BCUT2D eigenvalue weighted by Crippen LogP contribution is 2.40. The molecule has 0 saturated heterocycles. The lowest BCUT2D eigenvalue weighted by atomic mass is 10.2. The Morgan fingerprint density at radius 3 is 2.54 bits per heavy atom. The summed E-state index contributed by atoms with van der Waals surface area (Å²) in [6, 6.07) is 16.4. The van der Waals surface area contributed by atoms with Crippen LogP contribution in [0, 0.1) is 4.51 Å². The molecule has 1 N–H and O–H groups in total. The molecule has 0 radical (unpaired) electrons. The minimum Gasteiger partial charge on any atom is -0.360 e. The maximum atomic E-state index is 5.73. The predicted octanol–water partition coefficient (Wildman–Crippen LogP) is 6.32. The number of pyridine rings is 2. The first-order valence-electron chi connectivity index (χ1n) is 7.48. The van der Waals surface area contributed by atoms with Crippen LogP contribution in [-0.2, 0) is 0 Å². The molecule has 2 aromatic heterocycles. The van der Waals surface area contributed by atoms with Gasteiger partial charge in [-0.3, -0.25) is 4.98 Å². The molecule has 5 heteroatoms. The van der Waals surface area contributed by atoms with Crippen molar-refractivity contribution in [3.05, 3.63) is 65.4 Å². The molecule has 0 spiro atoms. The first-order valence-corrected chi connectivity index (χ1v) is 9.93. The monoisotopic (exact) mass is 366 g/mol. The second-order valence-electron chi connectivity index (χ2n) is 5.30. The number of H-pyrrole nitrogens is 1. The SMILES string of the molecule is CSc1cnc2ccccc2c1Sc1c[nH]c2ccccc2c1=S. The summed E-state index contributed by atoms with van der Waals surface area (Å²) in [5.74, 6) is 0. The van der Waals surface area contributed by atoms with E-state index in [2.05, 4.69) is 40.5 Å². The van der Waals surface area contributed by atoms with Gasteiger partial charge in [-0.05, 0) is 18.4 Å². The Kier molecular flexibility index (Phi) is 4.31. The Hall–Kier alpha value is -1.82. The van der Waals surface area contributed by atoms with E-state index >= 15 is 0 Å². The van der Waals surface area contributed by atoms with Gasteiger partial charge in [-0.25, -0.2) is 0 Å². The smallest absolute Gasteiger partial charge is 0.0714 e. The van der Waals surface area contributed by atoms with E-state index in [4.69, 9.17) is 12.2 Å². The van der Waals surface area contributed by atoms with Crippen LogP contribution < -0.4 is 0 Å². The topological polar surface area (TPSA) is 28.7 Å². The van der Waals surface area contributed by atoms with Crippen molar-refractivity contribution in [1.82, 2.24) is 9.97 Å². The Labute approximate surface area is 153 Å². The van der Waals surface area contributed by atoms with E-state index in [9.17, 15) is 0 Å². The van der Waals surface area contributed by atoms with Crippen LogP contribution in [0.1, 0.15) is 0 Å². The fourth-order valence-corrected chi connectivity index (χ4v) is 4.85. The van der Waals surface area contributed by atoms with E-state index in [-0.39, 0.29) is 0 Å². The Morgan fingerprint density at radius 2 is 1.71 bits per heavy atom. The van der Waals surface area contributed by atoms with Crippen LogP contribution in [0.4, 0.5) is 0 Å². The van der Waals surface area contributed by atoms with E-state index in [1.807, 2.05) is 36.7 Å². The Balaban J connectivity index is 1.91. The van der Waals surface area contributed by atoms with Gasteiger partial charge < -0.3 is 4.98 Å². The van der Waals surface area contributed by atoms with Gasteiger partial charge in [0.1, 0.15) is 0 Å². The van der Waals surface area contributed by atoms with Crippen LogP contribution >= 0.6 is 35.7 Å². The number of fused-ring (bicyclic) bond motifs is 2. The molecule has 0 saturated carbocycles. The van der Waals surface area contributed by atoms with E-state index in [0.29, 0.717) is 0 Å². The van der Waals surface area contributed by atoms with Crippen molar-refractivity contribution >= 4 is 57.5 Å². The van der Waals surface area contributed by atoms with Crippen LogP contribution in [0.15, 0.2) is 75.6 Å². The third-order valence-electron chi connectivity index (χ3n) is 3.88. The highest BCUT2D eigenvalue weighted by Gasteiger charge is 2.12. The van der Waals surface area contributed by atoms with Crippen LogP contribution in [0.3, 0.4) is 0 Å². The molecular formula is C19H14N2S3. The van der Waals surface area contributed by atoms with Gasteiger partial charge in [-0.2, -0.15) is 0 Å². The molecule has 2 heterocycles. The summed E-state index contributed by atoms with van der Waals surface area (Å²) in [5, 5.41) is 2.25. The maximum absolute atomic E-state index is 5.73. The standard InChI is InChI=1S/C19H14N2S3/c1-23-17-11-21-15-9-5-3-7-13(15)19(17)24-16-10-20-14-8-4-2-6-12(14)18(16)22/h2-11H,1H3,(H,20,22). The van der Waals surface area contributed by atoms with E-state index < -0.39 is 0 Å². The first kappa shape index (κ1) is 15.7. The van der Waals surface area contributed by atoms with Crippen molar-refractivity contribution in [3.8, 4) is 0 Å². The lowest BCUT2D eigenvalue weighted by Crippen LogP contribution is -1.88. The van der Waals surface area contributed by atoms with Crippen LogP contribution in [0.5, 0.6) is 0 Å². The third-order valence-corrected chi connectivity index (χ3v) is 6.51. The van der Waals surface area contributed by atoms with Crippen molar-refractivity contribution in [2.24, 2.45) is 0 Å². The molecule has 0 aliphatic heterocycles. The zero-order valence-electron chi connectivity index (χ0n) is 12.9. The molecule has 0 amide bonds. The molecule has 0 aliphatic rings. The van der Waals surface area contributed by atoms with Gasteiger partial charge in [0.2, 0.25) is 0 Å². The first-order chi connectivity index (χ1) is 11.8. The second-order valence-corrected chi connectivity index (χ2v) is 7.61. The maximum Gasteiger partial charge on any atom is 0.0714 e. The third kappa shape index (κ3) is 2.73. The molecule has 2 aromatic carbocycles. The van der Waals surface area contributed by atoms with Gasteiger partial charge in [-0.1, -0.05) is 60.4 Å². The highest BCUT2D eigenvalue weighted by atomic mass is 32.2. The second kappa shape index (κ2) is 6.59. The summed E-state index contributed by atoms with van der Waals surface area (Å²) in [7, 11) is 0. The van der Waals surface area contributed by atoms with Crippen LogP contribution in [-0.4, -0.2) is 16.2 Å². The van der Waals surface area contributed by atoms with Gasteiger partial charge in [0.25, 0.3) is 0 Å². The number of para-hydroxylation sites is 2. The van der Waals surface area contributed by atoms with Crippen molar-refractivity contribution in [2.45, 2.75) is 14.7 Å². The normalized spacial score (nSPS) is 11.2. The highest BCUT2D eigenvalue weighted by molar-refractivity contribution is 8.02. The van der Waals surface area contributed by atoms with Crippen LogP contribution in [0.25, 0.3) is 21.8 Å². The fourth-order valence-electron chi connectivity index (χ4n) is 2.68. The molecule has 2 nitrogen and oxygen atoms in total. The Morgan fingerprint density at radius 1 is 0.958 bits per heavy atom. The van der Waals surface area contributed by atoms with Crippen LogP contribution in [0.2, 0.25) is 0 Å². The van der Waals surface area contributed by atoms with Gasteiger partial charge >= 0.3 is 0 Å². The molecule has 118 valence electrons. The minimum atomic E-state index is 0.891. The average Bonchev–Trinajstić information content (AvgIpc) is 2.64. The van der Waals surface area contributed by atoms with E-state index in [1.54, 1.807) is 23.5 Å². The number of hydrogen-bond acceptors (Lipinski definition) is 4. The zero-order valence-corrected chi connectivity index (χ0v) is 15.4. The molecule has 0 unspecified atom stereocenters. The summed E-state index contributed by atoms with van der Waals surface area (Å²) in [5.41, 5.74) is 2.07. The number of aromatic amines is 1. The molecule has 24 heavy (non-hydrogen) atoms. The van der Waals surface area contributed by atoms with Crippen molar-refractivity contribution in [3.63, 3.8) is 0 Å². The summed E-state index contributed by atoms with van der Waals surface area (Å²) < 4.78 is 0.891. The molecule has 4 aromatic rings. The predicted molar refractivity (Wildman–Crippen MR) is 107 cm³/mol.